The Morgan fingerprint density at radius 3 is 2.84 bits per heavy atom. The number of aliphatic carboxylic acids is 1. The highest BCUT2D eigenvalue weighted by Crippen LogP contribution is 2.42. The largest absolute Gasteiger partial charge is 0.480 e. The number of nitrogens with zero attached hydrogens (tertiary/aromatic N) is 2. The Hall–Kier alpha value is -2.30. The fourth-order valence-corrected chi connectivity index (χ4v) is 4.89. The van der Waals surface area contributed by atoms with Crippen molar-refractivity contribution in [3.05, 3.63) is 36.0 Å². The number of hydrogen-bond donors (Lipinski definition) is 1. The molecule has 5 heteroatoms. The minimum atomic E-state index is -0.840. The van der Waals surface area contributed by atoms with Gasteiger partial charge in [-0.25, -0.2) is 4.79 Å². The van der Waals surface area contributed by atoms with Crippen LogP contribution in [0.15, 0.2) is 30.5 Å². The van der Waals surface area contributed by atoms with Gasteiger partial charge >= 0.3 is 5.97 Å². The van der Waals surface area contributed by atoms with Crippen molar-refractivity contribution in [1.29, 1.82) is 0 Å². The number of carbonyl (C=O) groups is 2. The Balaban J connectivity index is 1.49. The average Bonchev–Trinajstić information content (AvgIpc) is 3.25. The Bertz CT molecular complexity index is 825. The summed E-state index contributed by atoms with van der Waals surface area (Å²) in [6, 6.07) is 7.55. The van der Waals surface area contributed by atoms with E-state index in [4.69, 9.17) is 0 Å². The number of rotatable bonds is 4. The second-order valence-electron chi connectivity index (χ2n) is 7.47. The lowest BCUT2D eigenvalue weighted by atomic mass is 9.94. The molecule has 2 heterocycles. The van der Waals surface area contributed by atoms with Crippen molar-refractivity contribution in [2.75, 3.05) is 6.54 Å². The number of carboxylic acids is 1. The SMILES string of the molecule is Cn1cc(CCC(=O)N2CC3CCCC3C2C(=O)O)c2ccccc21. The van der Waals surface area contributed by atoms with E-state index in [1.54, 1.807) is 4.90 Å². The number of para-hydroxylation sites is 1. The molecule has 1 aromatic heterocycles. The zero-order chi connectivity index (χ0) is 17.6. The Labute approximate surface area is 147 Å². The zero-order valence-electron chi connectivity index (χ0n) is 14.5. The van der Waals surface area contributed by atoms with Gasteiger partial charge in [0.05, 0.1) is 0 Å². The van der Waals surface area contributed by atoms with Crippen molar-refractivity contribution in [3.63, 3.8) is 0 Å². The van der Waals surface area contributed by atoms with E-state index in [1.807, 2.05) is 19.2 Å². The number of benzene rings is 1. The lowest BCUT2D eigenvalue weighted by Crippen LogP contribution is -2.43. The molecule has 1 saturated heterocycles. The molecule has 1 aliphatic heterocycles. The summed E-state index contributed by atoms with van der Waals surface area (Å²) in [7, 11) is 2.01. The van der Waals surface area contributed by atoms with E-state index in [9.17, 15) is 14.7 Å². The fraction of sp³-hybridized carbons (Fsp3) is 0.500. The van der Waals surface area contributed by atoms with Crippen LogP contribution in [0.5, 0.6) is 0 Å². The summed E-state index contributed by atoms with van der Waals surface area (Å²) in [5, 5.41) is 10.8. The van der Waals surface area contributed by atoms with Gasteiger partial charge in [-0.3, -0.25) is 4.79 Å². The summed E-state index contributed by atoms with van der Waals surface area (Å²) < 4.78 is 2.08. The van der Waals surface area contributed by atoms with Gasteiger partial charge in [0, 0.05) is 37.1 Å². The van der Waals surface area contributed by atoms with Crippen LogP contribution in [0.3, 0.4) is 0 Å². The van der Waals surface area contributed by atoms with Crippen LogP contribution in [0.4, 0.5) is 0 Å². The van der Waals surface area contributed by atoms with E-state index < -0.39 is 12.0 Å². The third-order valence-corrected chi connectivity index (χ3v) is 6.05. The third-order valence-electron chi connectivity index (χ3n) is 6.05. The van der Waals surface area contributed by atoms with Gasteiger partial charge in [-0.1, -0.05) is 24.6 Å². The molecule has 0 radical (unpaired) electrons. The van der Waals surface area contributed by atoms with E-state index in [2.05, 4.69) is 22.9 Å². The van der Waals surface area contributed by atoms with E-state index in [1.165, 1.54) is 5.39 Å². The molecular weight excluding hydrogens is 316 g/mol. The first-order valence-corrected chi connectivity index (χ1v) is 9.11. The minimum Gasteiger partial charge on any atom is -0.480 e. The molecule has 0 bridgehead atoms. The Kier molecular flexibility index (Phi) is 4.02. The molecule has 2 aliphatic rings. The number of fused-ring (bicyclic) bond motifs is 2. The molecule has 2 aromatic rings. The number of amides is 1. The van der Waals surface area contributed by atoms with Gasteiger partial charge in [-0.05, 0) is 42.7 Å². The number of likely N-dealkylation sites (tertiary alicyclic amines) is 1. The first kappa shape index (κ1) is 16.2. The van der Waals surface area contributed by atoms with Gasteiger partial charge in [-0.15, -0.1) is 0 Å². The molecule has 132 valence electrons. The van der Waals surface area contributed by atoms with Gasteiger partial charge in [0.1, 0.15) is 6.04 Å². The predicted octanol–water partition coefficient (Wildman–Crippen LogP) is 2.82. The highest BCUT2D eigenvalue weighted by molar-refractivity contribution is 5.87. The van der Waals surface area contributed by atoms with Crippen LogP contribution in [0.1, 0.15) is 31.2 Å². The van der Waals surface area contributed by atoms with E-state index >= 15 is 0 Å². The summed E-state index contributed by atoms with van der Waals surface area (Å²) in [6.07, 6.45) is 6.19. The molecule has 3 atom stereocenters. The highest BCUT2D eigenvalue weighted by atomic mass is 16.4. The van der Waals surface area contributed by atoms with Gasteiger partial charge in [0.2, 0.25) is 5.91 Å². The first-order chi connectivity index (χ1) is 12.1. The lowest BCUT2D eigenvalue weighted by Gasteiger charge is -2.24. The van der Waals surface area contributed by atoms with Crippen molar-refractivity contribution in [3.8, 4) is 0 Å². The standard InChI is InChI=1S/C20H24N2O3/c1-21-11-14(15-6-2-3-8-17(15)21)9-10-18(23)22-12-13-5-4-7-16(13)19(22)20(24)25/h2-3,6,8,11,13,16,19H,4-5,7,9-10,12H2,1H3,(H,24,25). The topological polar surface area (TPSA) is 62.5 Å². The van der Waals surface area contributed by atoms with Crippen LogP contribution in [0.25, 0.3) is 10.9 Å². The van der Waals surface area contributed by atoms with Gasteiger partial charge in [-0.2, -0.15) is 0 Å². The van der Waals surface area contributed by atoms with Crippen LogP contribution in [0, 0.1) is 11.8 Å². The molecule has 5 nitrogen and oxygen atoms in total. The average molecular weight is 340 g/mol. The van der Waals surface area contributed by atoms with E-state index in [0.717, 1.165) is 30.3 Å². The maximum atomic E-state index is 12.8. The van der Waals surface area contributed by atoms with Crippen LogP contribution < -0.4 is 0 Å². The highest BCUT2D eigenvalue weighted by Gasteiger charge is 2.49. The summed E-state index contributed by atoms with van der Waals surface area (Å²) in [5.74, 6) is -0.329. The molecule has 4 rings (SSSR count). The van der Waals surface area contributed by atoms with Crippen molar-refractivity contribution in [2.24, 2.45) is 18.9 Å². The summed E-state index contributed by atoms with van der Waals surface area (Å²) in [5.41, 5.74) is 2.31. The third kappa shape index (κ3) is 2.71. The molecule has 0 spiro atoms. The Morgan fingerprint density at radius 1 is 1.24 bits per heavy atom. The van der Waals surface area contributed by atoms with Crippen LogP contribution in [0.2, 0.25) is 0 Å². The normalized spacial score (nSPS) is 25.5. The summed E-state index contributed by atoms with van der Waals surface area (Å²) in [4.78, 5) is 26.1. The van der Waals surface area contributed by atoms with Crippen LogP contribution in [-0.4, -0.2) is 39.0 Å². The quantitative estimate of drug-likeness (QED) is 0.931. The molecule has 1 aromatic carbocycles. The smallest absolute Gasteiger partial charge is 0.326 e. The minimum absolute atomic E-state index is 0.0188. The first-order valence-electron chi connectivity index (χ1n) is 9.11. The molecule has 2 fully saturated rings. The van der Waals surface area contributed by atoms with Gasteiger partial charge in [0.15, 0.2) is 0 Å². The monoisotopic (exact) mass is 340 g/mol. The van der Waals surface area contributed by atoms with Crippen molar-refractivity contribution >= 4 is 22.8 Å². The number of hydrogen-bond acceptors (Lipinski definition) is 2. The maximum absolute atomic E-state index is 12.8. The lowest BCUT2D eigenvalue weighted by molar-refractivity contribution is -0.149. The van der Waals surface area contributed by atoms with Crippen molar-refractivity contribution < 1.29 is 14.7 Å². The fourth-order valence-electron chi connectivity index (χ4n) is 4.89. The van der Waals surface area contributed by atoms with Gasteiger partial charge < -0.3 is 14.6 Å². The Morgan fingerprint density at radius 2 is 2.04 bits per heavy atom. The molecule has 3 unspecified atom stereocenters. The van der Waals surface area contributed by atoms with E-state index in [0.29, 0.717) is 25.3 Å². The molecule has 1 N–H and O–H groups in total. The zero-order valence-corrected chi connectivity index (χ0v) is 14.5. The second-order valence-corrected chi connectivity index (χ2v) is 7.47. The summed E-state index contributed by atoms with van der Waals surface area (Å²) in [6.45, 7) is 0.621. The summed E-state index contributed by atoms with van der Waals surface area (Å²) >= 11 is 0. The number of aromatic nitrogens is 1. The second kappa shape index (κ2) is 6.21. The van der Waals surface area contributed by atoms with Gasteiger partial charge in [0.25, 0.3) is 0 Å². The number of carbonyl (C=O) groups excluding carboxylic acids is 1. The maximum Gasteiger partial charge on any atom is 0.326 e. The molecule has 1 aliphatic carbocycles. The van der Waals surface area contributed by atoms with Crippen molar-refractivity contribution in [1.82, 2.24) is 9.47 Å². The molecule has 25 heavy (non-hydrogen) atoms. The molecule has 1 amide bonds. The number of carboxylic acid groups (broad SMARTS) is 1. The predicted molar refractivity (Wildman–Crippen MR) is 95.2 cm³/mol. The van der Waals surface area contributed by atoms with Crippen LogP contribution in [-0.2, 0) is 23.1 Å². The number of aryl methyl sites for hydroxylation is 2. The van der Waals surface area contributed by atoms with Crippen LogP contribution >= 0.6 is 0 Å². The molecular formula is C20H24N2O3. The van der Waals surface area contributed by atoms with E-state index in [-0.39, 0.29) is 11.8 Å². The molecule has 1 saturated carbocycles. The van der Waals surface area contributed by atoms with Crippen molar-refractivity contribution in [2.45, 2.75) is 38.1 Å².